The van der Waals surface area contributed by atoms with E-state index in [1.54, 1.807) is 4.90 Å². The Morgan fingerprint density at radius 2 is 2.08 bits per heavy atom. The predicted molar refractivity (Wildman–Crippen MR) is 91.6 cm³/mol. The summed E-state index contributed by atoms with van der Waals surface area (Å²) < 4.78 is 5.86. The molecule has 5 nitrogen and oxygen atoms in total. The first-order chi connectivity index (χ1) is 11.6. The number of benzene rings is 1. The minimum atomic E-state index is -0.0755. The molecule has 1 aromatic rings. The molecule has 1 saturated heterocycles. The molecule has 2 aliphatic rings. The molecule has 1 aromatic carbocycles. The van der Waals surface area contributed by atoms with E-state index in [4.69, 9.17) is 4.74 Å². The van der Waals surface area contributed by atoms with Crippen molar-refractivity contribution in [1.82, 2.24) is 10.2 Å². The van der Waals surface area contributed by atoms with Crippen molar-refractivity contribution in [2.75, 3.05) is 26.2 Å². The number of likely N-dealkylation sites (tertiary alicyclic amines) is 1. The Bertz CT molecular complexity index is 584. The van der Waals surface area contributed by atoms with Crippen LogP contribution >= 0.6 is 0 Å². The van der Waals surface area contributed by atoms with E-state index < -0.39 is 0 Å². The molecule has 2 fully saturated rings. The van der Waals surface area contributed by atoms with Crippen molar-refractivity contribution in [1.29, 1.82) is 0 Å². The van der Waals surface area contributed by atoms with Crippen molar-refractivity contribution in [3.8, 4) is 5.75 Å². The van der Waals surface area contributed by atoms with E-state index in [0.29, 0.717) is 39.1 Å². The monoisotopic (exact) mass is 330 g/mol. The number of ether oxygens (including phenoxy) is 1. The molecule has 0 spiro atoms. The van der Waals surface area contributed by atoms with E-state index in [9.17, 15) is 9.59 Å². The molecule has 24 heavy (non-hydrogen) atoms. The summed E-state index contributed by atoms with van der Waals surface area (Å²) in [6.07, 6.45) is 3.32. The fourth-order valence-electron chi connectivity index (χ4n) is 3.16. The average molecular weight is 330 g/mol. The normalized spacial score (nSPS) is 22.1. The van der Waals surface area contributed by atoms with Gasteiger partial charge in [-0.25, -0.2) is 0 Å². The topological polar surface area (TPSA) is 58.6 Å². The molecule has 0 bridgehead atoms. The van der Waals surface area contributed by atoms with Crippen LogP contribution in [0.2, 0.25) is 0 Å². The number of para-hydroxylation sites is 1. The zero-order chi connectivity index (χ0) is 17.0. The van der Waals surface area contributed by atoms with Crippen LogP contribution in [0.4, 0.5) is 0 Å². The number of hydrogen-bond acceptors (Lipinski definition) is 3. The first kappa shape index (κ1) is 16.8. The minimum absolute atomic E-state index is 0.0755. The van der Waals surface area contributed by atoms with Gasteiger partial charge in [-0.15, -0.1) is 0 Å². The molecule has 1 aliphatic carbocycles. The van der Waals surface area contributed by atoms with E-state index >= 15 is 0 Å². The highest BCUT2D eigenvalue weighted by Crippen LogP contribution is 2.45. The Hall–Kier alpha value is -2.04. The van der Waals surface area contributed by atoms with Gasteiger partial charge in [0.2, 0.25) is 11.8 Å². The summed E-state index contributed by atoms with van der Waals surface area (Å²) in [4.78, 5) is 25.9. The van der Waals surface area contributed by atoms with Crippen molar-refractivity contribution in [2.45, 2.75) is 32.6 Å². The molecule has 3 rings (SSSR count). The molecule has 0 radical (unpaired) electrons. The van der Waals surface area contributed by atoms with Crippen LogP contribution in [0.25, 0.3) is 0 Å². The number of nitrogens with one attached hydrogen (secondary N) is 1. The SMILES string of the molecule is CCN1CC(C(=O)NCC2(COc3ccccc3)CC2)CCC1=O. The predicted octanol–water partition coefficient (Wildman–Crippen LogP) is 2.22. The summed E-state index contributed by atoms with van der Waals surface area (Å²) in [6.45, 7) is 4.49. The second kappa shape index (κ2) is 7.24. The van der Waals surface area contributed by atoms with Gasteiger partial charge in [0.1, 0.15) is 5.75 Å². The second-order valence-corrected chi connectivity index (χ2v) is 6.99. The molecular weight excluding hydrogens is 304 g/mol. The fraction of sp³-hybridized carbons (Fsp3) is 0.579. The summed E-state index contributed by atoms with van der Waals surface area (Å²) in [7, 11) is 0. The molecule has 1 atom stereocenters. The molecule has 1 saturated carbocycles. The third-order valence-electron chi connectivity index (χ3n) is 5.14. The average Bonchev–Trinajstić information content (AvgIpc) is 3.40. The lowest BCUT2D eigenvalue weighted by Crippen LogP contribution is -2.46. The van der Waals surface area contributed by atoms with Crippen LogP contribution in [0.3, 0.4) is 0 Å². The van der Waals surface area contributed by atoms with Crippen LogP contribution in [-0.4, -0.2) is 43.0 Å². The summed E-state index contributed by atoms with van der Waals surface area (Å²) in [5.41, 5.74) is 0.0838. The number of hydrogen-bond donors (Lipinski definition) is 1. The van der Waals surface area contributed by atoms with Crippen LogP contribution in [0.5, 0.6) is 5.75 Å². The second-order valence-electron chi connectivity index (χ2n) is 6.99. The maximum absolute atomic E-state index is 12.4. The van der Waals surface area contributed by atoms with Gasteiger partial charge < -0.3 is 15.0 Å². The van der Waals surface area contributed by atoms with Crippen molar-refractivity contribution in [3.05, 3.63) is 30.3 Å². The van der Waals surface area contributed by atoms with E-state index in [-0.39, 0.29) is 23.1 Å². The highest BCUT2D eigenvalue weighted by Gasteiger charge is 2.44. The Labute approximate surface area is 143 Å². The summed E-state index contributed by atoms with van der Waals surface area (Å²) in [5, 5.41) is 3.09. The highest BCUT2D eigenvalue weighted by molar-refractivity contribution is 5.83. The van der Waals surface area contributed by atoms with E-state index in [2.05, 4.69) is 5.32 Å². The molecule has 130 valence electrons. The van der Waals surface area contributed by atoms with Gasteiger partial charge in [0.15, 0.2) is 0 Å². The highest BCUT2D eigenvalue weighted by atomic mass is 16.5. The molecule has 2 amide bonds. The zero-order valence-electron chi connectivity index (χ0n) is 14.3. The molecular formula is C19H26N2O3. The lowest BCUT2D eigenvalue weighted by molar-refractivity contribution is -0.138. The summed E-state index contributed by atoms with van der Waals surface area (Å²) in [6, 6.07) is 9.79. The van der Waals surface area contributed by atoms with Crippen LogP contribution in [0.15, 0.2) is 30.3 Å². The maximum atomic E-state index is 12.4. The molecule has 5 heteroatoms. The van der Waals surface area contributed by atoms with Gasteiger partial charge in [-0.05, 0) is 38.3 Å². The van der Waals surface area contributed by atoms with Crippen molar-refractivity contribution in [3.63, 3.8) is 0 Å². The lowest BCUT2D eigenvalue weighted by atomic mass is 9.96. The maximum Gasteiger partial charge on any atom is 0.224 e. The molecule has 1 unspecified atom stereocenters. The number of rotatable bonds is 7. The van der Waals surface area contributed by atoms with E-state index in [0.717, 1.165) is 18.6 Å². The van der Waals surface area contributed by atoms with Gasteiger partial charge in [-0.1, -0.05) is 18.2 Å². The van der Waals surface area contributed by atoms with E-state index in [1.807, 2.05) is 37.3 Å². The standard InChI is InChI=1S/C19H26N2O3/c1-2-21-12-15(8-9-17(21)22)18(23)20-13-19(10-11-19)14-24-16-6-4-3-5-7-16/h3-7,15H,2,8-14H2,1H3,(H,20,23). The Balaban J connectivity index is 1.45. The number of carbonyl (C=O) groups is 2. The van der Waals surface area contributed by atoms with Crippen LogP contribution < -0.4 is 10.1 Å². The summed E-state index contributed by atoms with van der Waals surface area (Å²) in [5.74, 6) is 1.04. The van der Waals surface area contributed by atoms with E-state index in [1.165, 1.54) is 0 Å². The zero-order valence-corrected chi connectivity index (χ0v) is 14.3. The first-order valence-corrected chi connectivity index (χ1v) is 8.85. The van der Waals surface area contributed by atoms with Gasteiger partial charge in [-0.2, -0.15) is 0 Å². The first-order valence-electron chi connectivity index (χ1n) is 8.85. The number of carbonyl (C=O) groups excluding carboxylic acids is 2. The molecule has 1 aliphatic heterocycles. The molecule has 1 heterocycles. The Morgan fingerprint density at radius 3 is 2.75 bits per heavy atom. The number of nitrogens with zero attached hydrogens (tertiary/aromatic N) is 1. The van der Waals surface area contributed by atoms with Gasteiger partial charge in [0, 0.05) is 31.5 Å². The van der Waals surface area contributed by atoms with Crippen molar-refractivity contribution < 1.29 is 14.3 Å². The smallest absolute Gasteiger partial charge is 0.224 e. The Kier molecular flexibility index (Phi) is 5.07. The van der Waals surface area contributed by atoms with Crippen molar-refractivity contribution in [2.24, 2.45) is 11.3 Å². The fourth-order valence-corrected chi connectivity index (χ4v) is 3.16. The van der Waals surface area contributed by atoms with Crippen LogP contribution in [-0.2, 0) is 9.59 Å². The van der Waals surface area contributed by atoms with Crippen LogP contribution in [0.1, 0.15) is 32.6 Å². The summed E-state index contributed by atoms with van der Waals surface area (Å²) >= 11 is 0. The largest absolute Gasteiger partial charge is 0.493 e. The van der Waals surface area contributed by atoms with Gasteiger partial charge >= 0.3 is 0 Å². The number of piperidine rings is 1. The van der Waals surface area contributed by atoms with Gasteiger partial charge in [0.25, 0.3) is 0 Å². The number of amides is 2. The third-order valence-corrected chi connectivity index (χ3v) is 5.14. The van der Waals surface area contributed by atoms with Gasteiger partial charge in [-0.3, -0.25) is 9.59 Å². The third kappa shape index (κ3) is 4.08. The van der Waals surface area contributed by atoms with Gasteiger partial charge in [0.05, 0.1) is 12.5 Å². The molecule has 0 aromatic heterocycles. The molecule has 1 N–H and O–H groups in total. The quantitative estimate of drug-likeness (QED) is 0.834. The lowest BCUT2D eigenvalue weighted by Gasteiger charge is -2.31. The Morgan fingerprint density at radius 1 is 1.33 bits per heavy atom. The van der Waals surface area contributed by atoms with Crippen LogP contribution in [0, 0.1) is 11.3 Å². The van der Waals surface area contributed by atoms with Crippen molar-refractivity contribution >= 4 is 11.8 Å². The minimum Gasteiger partial charge on any atom is -0.493 e.